The quantitative estimate of drug-likeness (QED) is 0.781. The van der Waals surface area contributed by atoms with E-state index in [9.17, 15) is 4.79 Å². The van der Waals surface area contributed by atoms with Crippen LogP contribution in [0.2, 0.25) is 0 Å². The number of amides is 1. The normalized spacial score (nSPS) is 13.6. The molecule has 0 radical (unpaired) electrons. The minimum absolute atomic E-state index is 0.0118. The summed E-state index contributed by atoms with van der Waals surface area (Å²) < 4.78 is 0.340. The molecule has 1 heterocycles. The Morgan fingerprint density at radius 3 is 2.47 bits per heavy atom. The molecular formula is C12H18Cl3N3O. The molecule has 108 valence electrons. The second-order valence-corrected chi connectivity index (χ2v) is 6.14. The molecular weight excluding hydrogens is 309 g/mol. The van der Waals surface area contributed by atoms with Crippen molar-refractivity contribution in [1.29, 1.82) is 0 Å². The van der Waals surface area contributed by atoms with Gasteiger partial charge in [-0.05, 0) is 12.8 Å². The third kappa shape index (κ3) is 4.26. The number of alkyl halides is 3. The summed E-state index contributed by atoms with van der Waals surface area (Å²) >= 11 is 18.2. The van der Waals surface area contributed by atoms with Gasteiger partial charge in [0.1, 0.15) is 6.17 Å². The topological polar surface area (TPSA) is 46.9 Å². The molecule has 0 aromatic carbocycles. The molecule has 1 amide bonds. The molecule has 4 nitrogen and oxygen atoms in total. The SMILES string of the molecule is CCC(CC)C(=O)NC(n1ccnc1)C(Cl)(Cl)CCl. The van der Waals surface area contributed by atoms with Crippen molar-refractivity contribution in [2.24, 2.45) is 5.92 Å². The zero-order chi connectivity index (χ0) is 14.5. The summed E-state index contributed by atoms with van der Waals surface area (Å²) in [5.41, 5.74) is 0. The number of carbonyl (C=O) groups is 1. The number of hydrogen-bond acceptors (Lipinski definition) is 2. The Morgan fingerprint density at radius 2 is 2.05 bits per heavy atom. The number of nitrogens with zero attached hydrogens (tertiary/aromatic N) is 2. The highest BCUT2D eigenvalue weighted by Crippen LogP contribution is 2.34. The largest absolute Gasteiger partial charge is 0.333 e. The Hall–Kier alpha value is -0.450. The fourth-order valence-electron chi connectivity index (χ4n) is 1.81. The van der Waals surface area contributed by atoms with E-state index in [1.165, 1.54) is 0 Å². The number of carbonyl (C=O) groups excluding carboxylic acids is 1. The molecule has 1 atom stereocenters. The van der Waals surface area contributed by atoms with E-state index in [4.69, 9.17) is 34.8 Å². The highest BCUT2D eigenvalue weighted by atomic mass is 35.5. The van der Waals surface area contributed by atoms with Crippen LogP contribution in [-0.2, 0) is 4.79 Å². The Bertz CT molecular complexity index is 391. The van der Waals surface area contributed by atoms with Crippen molar-refractivity contribution >= 4 is 40.7 Å². The van der Waals surface area contributed by atoms with E-state index in [2.05, 4.69) is 10.3 Å². The number of imidazole rings is 1. The minimum atomic E-state index is -1.30. The predicted molar refractivity (Wildman–Crippen MR) is 78.6 cm³/mol. The average molecular weight is 327 g/mol. The van der Waals surface area contributed by atoms with Crippen molar-refractivity contribution in [3.8, 4) is 0 Å². The van der Waals surface area contributed by atoms with Gasteiger partial charge in [-0.2, -0.15) is 0 Å². The van der Waals surface area contributed by atoms with Gasteiger partial charge in [0.05, 0.1) is 12.2 Å². The molecule has 0 saturated heterocycles. The van der Waals surface area contributed by atoms with Crippen molar-refractivity contribution in [2.45, 2.75) is 37.2 Å². The van der Waals surface area contributed by atoms with Crippen molar-refractivity contribution in [3.05, 3.63) is 18.7 Å². The van der Waals surface area contributed by atoms with Crippen LogP contribution in [0, 0.1) is 5.92 Å². The summed E-state index contributed by atoms with van der Waals surface area (Å²) in [7, 11) is 0. The molecule has 7 heteroatoms. The predicted octanol–water partition coefficient (Wildman–Crippen LogP) is 3.35. The average Bonchev–Trinajstić information content (AvgIpc) is 2.90. The van der Waals surface area contributed by atoms with Crippen molar-refractivity contribution in [3.63, 3.8) is 0 Å². The van der Waals surface area contributed by atoms with Gasteiger partial charge in [0.2, 0.25) is 5.91 Å². The van der Waals surface area contributed by atoms with E-state index in [0.29, 0.717) is 0 Å². The van der Waals surface area contributed by atoms with E-state index in [1.54, 1.807) is 23.3 Å². The van der Waals surface area contributed by atoms with Crippen LogP contribution in [0.4, 0.5) is 0 Å². The molecule has 1 unspecified atom stereocenters. The Balaban J connectivity index is 2.91. The molecule has 0 spiro atoms. The summed E-state index contributed by atoms with van der Waals surface area (Å²) in [6.45, 7) is 3.94. The number of hydrogen-bond donors (Lipinski definition) is 1. The van der Waals surface area contributed by atoms with E-state index < -0.39 is 10.5 Å². The molecule has 1 N–H and O–H groups in total. The van der Waals surface area contributed by atoms with Crippen molar-refractivity contribution < 1.29 is 4.79 Å². The first-order valence-corrected chi connectivity index (χ1v) is 7.46. The molecule has 19 heavy (non-hydrogen) atoms. The van der Waals surface area contributed by atoms with E-state index >= 15 is 0 Å². The first-order chi connectivity index (χ1) is 8.96. The summed E-state index contributed by atoms with van der Waals surface area (Å²) in [4.78, 5) is 16.1. The molecule has 0 fully saturated rings. The van der Waals surface area contributed by atoms with Crippen LogP contribution in [0.25, 0.3) is 0 Å². The lowest BCUT2D eigenvalue weighted by molar-refractivity contribution is -0.126. The second-order valence-electron chi connectivity index (χ2n) is 4.33. The molecule has 1 aromatic heterocycles. The molecule has 1 rings (SSSR count). The number of aromatic nitrogens is 2. The van der Waals surface area contributed by atoms with Gasteiger partial charge in [-0.15, -0.1) is 11.6 Å². The van der Waals surface area contributed by atoms with Crippen LogP contribution in [0.1, 0.15) is 32.9 Å². The first-order valence-electron chi connectivity index (χ1n) is 6.17. The smallest absolute Gasteiger partial charge is 0.224 e. The standard InChI is InChI=1S/C12H18Cl3N3O/c1-3-9(4-2)10(19)17-11(12(14,15)7-13)18-6-5-16-8-18/h5-6,8-9,11H,3-4,7H2,1-2H3,(H,17,19). The molecule has 1 aromatic rings. The maximum absolute atomic E-state index is 12.2. The van der Waals surface area contributed by atoms with Crippen LogP contribution < -0.4 is 5.32 Å². The molecule has 0 bridgehead atoms. The molecule has 0 aliphatic carbocycles. The maximum Gasteiger partial charge on any atom is 0.224 e. The number of nitrogens with one attached hydrogen (secondary N) is 1. The summed E-state index contributed by atoms with van der Waals surface area (Å²) in [5.74, 6) is -0.160. The van der Waals surface area contributed by atoms with Crippen LogP contribution in [0.3, 0.4) is 0 Å². The maximum atomic E-state index is 12.2. The van der Waals surface area contributed by atoms with E-state index in [-0.39, 0.29) is 17.7 Å². The lowest BCUT2D eigenvalue weighted by Crippen LogP contribution is -2.45. The Kier molecular flexibility index (Phi) is 6.43. The molecule has 0 aliphatic rings. The second kappa shape index (κ2) is 7.36. The zero-order valence-corrected chi connectivity index (χ0v) is 13.2. The Morgan fingerprint density at radius 1 is 1.42 bits per heavy atom. The van der Waals surface area contributed by atoms with Gasteiger partial charge in [-0.1, -0.05) is 37.0 Å². The van der Waals surface area contributed by atoms with Gasteiger partial charge in [0, 0.05) is 18.3 Å². The van der Waals surface area contributed by atoms with Crippen LogP contribution in [-0.4, -0.2) is 25.7 Å². The van der Waals surface area contributed by atoms with Gasteiger partial charge in [0.15, 0.2) is 4.33 Å². The van der Waals surface area contributed by atoms with Crippen molar-refractivity contribution in [1.82, 2.24) is 14.9 Å². The molecule has 0 saturated carbocycles. The van der Waals surface area contributed by atoms with Gasteiger partial charge in [-0.3, -0.25) is 4.79 Å². The van der Waals surface area contributed by atoms with Crippen LogP contribution in [0.15, 0.2) is 18.7 Å². The highest BCUT2D eigenvalue weighted by molar-refractivity contribution is 6.51. The third-order valence-corrected chi connectivity index (χ3v) is 4.41. The monoisotopic (exact) mass is 325 g/mol. The van der Waals surface area contributed by atoms with Crippen molar-refractivity contribution in [2.75, 3.05) is 5.88 Å². The van der Waals surface area contributed by atoms with Gasteiger partial charge < -0.3 is 9.88 Å². The van der Waals surface area contributed by atoms with Crippen LogP contribution in [0.5, 0.6) is 0 Å². The van der Waals surface area contributed by atoms with E-state index in [0.717, 1.165) is 12.8 Å². The Labute approximate surface area is 128 Å². The summed E-state index contributed by atoms with van der Waals surface area (Å²) in [5, 5.41) is 2.85. The lowest BCUT2D eigenvalue weighted by atomic mass is 10.0. The first kappa shape index (κ1) is 16.6. The van der Waals surface area contributed by atoms with Gasteiger partial charge >= 0.3 is 0 Å². The summed E-state index contributed by atoms with van der Waals surface area (Å²) in [6.07, 6.45) is 5.70. The van der Waals surface area contributed by atoms with Crippen LogP contribution >= 0.6 is 34.8 Å². The number of rotatable bonds is 7. The lowest BCUT2D eigenvalue weighted by Gasteiger charge is -2.31. The number of halogens is 3. The molecule has 0 aliphatic heterocycles. The fraction of sp³-hybridized carbons (Fsp3) is 0.667. The fourth-order valence-corrected chi connectivity index (χ4v) is 2.29. The summed E-state index contributed by atoms with van der Waals surface area (Å²) in [6, 6.07) is 0. The third-order valence-electron chi connectivity index (χ3n) is 3.04. The van der Waals surface area contributed by atoms with E-state index in [1.807, 2.05) is 13.8 Å². The van der Waals surface area contributed by atoms with Gasteiger partial charge in [-0.25, -0.2) is 4.98 Å². The zero-order valence-electron chi connectivity index (χ0n) is 10.9. The van der Waals surface area contributed by atoms with Gasteiger partial charge in [0.25, 0.3) is 0 Å². The highest BCUT2D eigenvalue weighted by Gasteiger charge is 2.37. The minimum Gasteiger partial charge on any atom is -0.333 e.